The lowest BCUT2D eigenvalue weighted by Gasteiger charge is -2.28. The molecule has 1 aromatic carbocycles. The monoisotopic (exact) mass is 338 g/mol. The van der Waals surface area contributed by atoms with E-state index in [1.165, 1.54) is 0 Å². The molecule has 1 saturated heterocycles. The maximum Gasteiger partial charge on any atom is 0.140 e. The molecule has 118 valence electrons. The van der Waals surface area contributed by atoms with Crippen molar-refractivity contribution in [2.75, 3.05) is 13.1 Å². The minimum absolute atomic E-state index is 0.130. The molecule has 2 aromatic rings. The van der Waals surface area contributed by atoms with Gasteiger partial charge in [-0.25, -0.2) is 4.98 Å². The fourth-order valence-corrected chi connectivity index (χ4v) is 3.29. The number of halogens is 1. The number of aromatic nitrogens is 1. The summed E-state index contributed by atoms with van der Waals surface area (Å²) >= 11 is 7.47. The Morgan fingerprint density at radius 1 is 1.27 bits per heavy atom. The zero-order valence-electron chi connectivity index (χ0n) is 12.2. The molecule has 1 aromatic heterocycles. The van der Waals surface area contributed by atoms with Crippen LogP contribution in [0.2, 0.25) is 5.02 Å². The van der Waals surface area contributed by atoms with Crippen molar-refractivity contribution in [1.82, 2.24) is 9.88 Å². The number of hydrogen-bond donors (Lipinski definition) is 1. The first-order chi connectivity index (χ1) is 10.7. The van der Waals surface area contributed by atoms with Crippen LogP contribution in [-0.4, -0.2) is 34.2 Å². The van der Waals surface area contributed by atoms with Gasteiger partial charge in [0, 0.05) is 30.0 Å². The fourth-order valence-electron chi connectivity index (χ4n) is 2.47. The molecule has 0 atom stereocenters. The highest BCUT2D eigenvalue weighted by Gasteiger charge is 2.17. The number of aliphatic hydroxyl groups excluding tert-OH is 1. The number of ether oxygens (including phenoxy) is 1. The van der Waals surface area contributed by atoms with E-state index < -0.39 is 0 Å². The van der Waals surface area contributed by atoms with Gasteiger partial charge in [-0.05, 0) is 37.1 Å². The van der Waals surface area contributed by atoms with Crippen LogP contribution in [0.5, 0.6) is 5.75 Å². The van der Waals surface area contributed by atoms with Gasteiger partial charge in [0.2, 0.25) is 0 Å². The normalized spacial score (nSPS) is 16.8. The Labute approximate surface area is 139 Å². The Hall–Kier alpha value is -1.14. The van der Waals surface area contributed by atoms with Gasteiger partial charge >= 0.3 is 0 Å². The maximum absolute atomic E-state index is 9.53. The third-order valence-electron chi connectivity index (χ3n) is 3.72. The van der Waals surface area contributed by atoms with Gasteiger partial charge in [0.1, 0.15) is 17.4 Å². The minimum atomic E-state index is -0.130. The van der Waals surface area contributed by atoms with E-state index in [0.29, 0.717) is 11.6 Å². The lowest BCUT2D eigenvalue weighted by Crippen LogP contribution is -2.35. The summed E-state index contributed by atoms with van der Waals surface area (Å²) in [7, 11) is 0. The fraction of sp³-hybridized carbons (Fsp3) is 0.438. The third kappa shape index (κ3) is 4.43. The van der Waals surface area contributed by atoms with Crippen LogP contribution in [0.3, 0.4) is 0 Å². The summed E-state index contributed by atoms with van der Waals surface area (Å²) in [6.45, 7) is 3.21. The summed E-state index contributed by atoms with van der Waals surface area (Å²) in [4.78, 5) is 6.96. The Bertz CT molecular complexity index is 594. The van der Waals surface area contributed by atoms with E-state index in [4.69, 9.17) is 16.3 Å². The second kappa shape index (κ2) is 7.42. The number of thiazole rings is 1. The van der Waals surface area contributed by atoms with Gasteiger partial charge in [-0.2, -0.15) is 0 Å². The molecule has 0 amide bonds. The molecule has 2 heterocycles. The molecular weight excluding hydrogens is 320 g/mol. The van der Waals surface area contributed by atoms with Crippen molar-refractivity contribution >= 4 is 22.9 Å². The van der Waals surface area contributed by atoms with Crippen molar-refractivity contribution in [3.8, 4) is 5.75 Å². The molecule has 3 rings (SSSR count). The highest BCUT2D eigenvalue weighted by atomic mass is 35.5. The zero-order valence-corrected chi connectivity index (χ0v) is 13.8. The molecule has 1 fully saturated rings. The first-order valence-corrected chi connectivity index (χ1v) is 8.67. The first kappa shape index (κ1) is 15.7. The third-order valence-corrected chi connectivity index (χ3v) is 4.84. The molecule has 4 nitrogen and oxygen atoms in total. The van der Waals surface area contributed by atoms with Crippen LogP contribution in [-0.2, 0) is 13.2 Å². The van der Waals surface area contributed by atoms with Gasteiger partial charge in [0.25, 0.3) is 0 Å². The molecule has 0 spiro atoms. The SMILES string of the molecule is OC1CCN(Cc2csc(COc3ccc(Cl)cc3)n2)CC1. The summed E-state index contributed by atoms with van der Waals surface area (Å²) in [6, 6.07) is 7.34. The average Bonchev–Trinajstić information content (AvgIpc) is 2.97. The predicted molar refractivity (Wildman–Crippen MR) is 88.4 cm³/mol. The van der Waals surface area contributed by atoms with E-state index in [2.05, 4.69) is 15.3 Å². The van der Waals surface area contributed by atoms with Crippen LogP contribution >= 0.6 is 22.9 Å². The largest absolute Gasteiger partial charge is 0.486 e. The number of nitrogens with zero attached hydrogens (tertiary/aromatic N) is 2. The Morgan fingerprint density at radius 3 is 2.73 bits per heavy atom. The molecule has 0 radical (unpaired) electrons. The smallest absolute Gasteiger partial charge is 0.140 e. The average molecular weight is 339 g/mol. The Balaban J connectivity index is 1.49. The van der Waals surface area contributed by atoms with E-state index in [0.717, 1.165) is 48.9 Å². The molecule has 6 heteroatoms. The van der Waals surface area contributed by atoms with E-state index in [1.54, 1.807) is 11.3 Å². The molecule has 0 saturated carbocycles. The summed E-state index contributed by atoms with van der Waals surface area (Å²) < 4.78 is 5.71. The predicted octanol–water partition coefficient (Wildman–Crippen LogP) is 3.33. The summed E-state index contributed by atoms with van der Waals surface area (Å²) in [6.07, 6.45) is 1.59. The van der Waals surface area contributed by atoms with E-state index in [9.17, 15) is 5.11 Å². The zero-order chi connectivity index (χ0) is 15.4. The number of aliphatic hydroxyl groups is 1. The minimum Gasteiger partial charge on any atom is -0.486 e. The maximum atomic E-state index is 9.53. The first-order valence-electron chi connectivity index (χ1n) is 7.41. The molecule has 22 heavy (non-hydrogen) atoms. The number of piperidine rings is 1. The van der Waals surface area contributed by atoms with Gasteiger partial charge in [-0.1, -0.05) is 11.6 Å². The van der Waals surface area contributed by atoms with Crippen LogP contribution in [0, 0.1) is 0 Å². The standard InChI is InChI=1S/C16H19ClN2O2S/c17-12-1-3-15(4-2-12)21-10-16-18-13(11-22-16)9-19-7-5-14(20)6-8-19/h1-4,11,14,20H,5-10H2. The van der Waals surface area contributed by atoms with Crippen molar-refractivity contribution < 1.29 is 9.84 Å². The number of likely N-dealkylation sites (tertiary alicyclic amines) is 1. The van der Waals surface area contributed by atoms with Crippen LogP contribution in [0.1, 0.15) is 23.5 Å². The molecule has 1 aliphatic rings. The van der Waals surface area contributed by atoms with E-state index in [1.807, 2.05) is 24.3 Å². The topological polar surface area (TPSA) is 45.6 Å². The number of hydrogen-bond acceptors (Lipinski definition) is 5. The molecular formula is C16H19ClN2O2S. The highest BCUT2D eigenvalue weighted by Crippen LogP contribution is 2.19. The van der Waals surface area contributed by atoms with Crippen LogP contribution in [0.4, 0.5) is 0 Å². The second-order valence-corrected chi connectivity index (χ2v) is 6.86. The summed E-state index contributed by atoms with van der Waals surface area (Å²) in [5, 5.41) is 13.3. The van der Waals surface area contributed by atoms with Crippen LogP contribution in [0.15, 0.2) is 29.6 Å². The lowest BCUT2D eigenvalue weighted by atomic mass is 10.1. The molecule has 0 aliphatic carbocycles. The van der Waals surface area contributed by atoms with E-state index in [-0.39, 0.29) is 6.10 Å². The Kier molecular flexibility index (Phi) is 5.31. The molecule has 0 bridgehead atoms. The van der Waals surface area contributed by atoms with Crippen molar-refractivity contribution in [1.29, 1.82) is 0 Å². The molecule has 1 N–H and O–H groups in total. The van der Waals surface area contributed by atoms with E-state index >= 15 is 0 Å². The van der Waals surface area contributed by atoms with Crippen LogP contribution < -0.4 is 4.74 Å². The van der Waals surface area contributed by atoms with Crippen molar-refractivity contribution in [2.45, 2.75) is 32.1 Å². The van der Waals surface area contributed by atoms with Crippen molar-refractivity contribution in [2.24, 2.45) is 0 Å². The van der Waals surface area contributed by atoms with Gasteiger partial charge in [0.15, 0.2) is 0 Å². The van der Waals surface area contributed by atoms with Crippen LogP contribution in [0.25, 0.3) is 0 Å². The van der Waals surface area contributed by atoms with Gasteiger partial charge in [-0.3, -0.25) is 4.90 Å². The molecule has 1 aliphatic heterocycles. The van der Waals surface area contributed by atoms with Gasteiger partial charge in [-0.15, -0.1) is 11.3 Å². The van der Waals surface area contributed by atoms with Gasteiger partial charge in [0.05, 0.1) is 11.8 Å². The lowest BCUT2D eigenvalue weighted by molar-refractivity contribution is 0.0787. The van der Waals surface area contributed by atoms with Gasteiger partial charge < -0.3 is 9.84 Å². The number of benzene rings is 1. The Morgan fingerprint density at radius 2 is 2.00 bits per heavy atom. The second-order valence-electron chi connectivity index (χ2n) is 5.48. The van der Waals surface area contributed by atoms with Crippen molar-refractivity contribution in [3.05, 3.63) is 45.4 Å². The molecule has 0 unspecified atom stereocenters. The summed E-state index contributed by atoms with van der Waals surface area (Å²) in [5.74, 6) is 0.797. The highest BCUT2D eigenvalue weighted by molar-refractivity contribution is 7.09. The summed E-state index contributed by atoms with van der Waals surface area (Å²) in [5.41, 5.74) is 1.08. The number of rotatable bonds is 5. The van der Waals surface area contributed by atoms with Crippen molar-refractivity contribution in [3.63, 3.8) is 0 Å². The quantitative estimate of drug-likeness (QED) is 0.908.